The van der Waals surface area contributed by atoms with Gasteiger partial charge in [-0.05, 0) is 17.9 Å². The van der Waals surface area contributed by atoms with Crippen molar-refractivity contribution in [2.45, 2.75) is 38.8 Å². The molecule has 0 unspecified atom stereocenters. The number of amides is 3. The number of carboxylic acids is 1. The van der Waals surface area contributed by atoms with Crippen LogP contribution in [-0.2, 0) is 25.6 Å². The molecule has 7 nitrogen and oxygen atoms in total. The quantitative estimate of drug-likeness (QED) is 0.617. The van der Waals surface area contributed by atoms with Crippen LogP contribution in [0.5, 0.6) is 0 Å². The highest BCUT2D eigenvalue weighted by Crippen LogP contribution is 2.13. The Hall–Kier alpha value is -2.70. The fourth-order valence-electron chi connectivity index (χ4n) is 2.39. The Labute approximate surface area is 140 Å². The largest absolute Gasteiger partial charge is 0.480 e. The van der Waals surface area contributed by atoms with E-state index in [0.717, 1.165) is 0 Å². The van der Waals surface area contributed by atoms with Gasteiger partial charge in [0.2, 0.25) is 12.8 Å². The van der Waals surface area contributed by atoms with Crippen molar-refractivity contribution in [2.75, 3.05) is 0 Å². The van der Waals surface area contributed by atoms with E-state index >= 15 is 0 Å². The van der Waals surface area contributed by atoms with E-state index in [1.807, 2.05) is 13.8 Å². The van der Waals surface area contributed by atoms with Crippen LogP contribution in [0.15, 0.2) is 30.3 Å². The van der Waals surface area contributed by atoms with E-state index in [1.54, 1.807) is 30.3 Å². The summed E-state index contributed by atoms with van der Waals surface area (Å²) >= 11 is 0. The standard InChI is InChI=1S/C17H22N2O5/c1-12(2)8-14(18-10-20)16(22)19(11-21)15(17(23)24)9-13-6-4-3-5-7-13/h3-7,10-12,14-15H,8-9H2,1-2H3,(H,18,20)(H,23,24)/t14-,15-/m0/s1. The Morgan fingerprint density at radius 3 is 2.29 bits per heavy atom. The summed E-state index contributed by atoms with van der Waals surface area (Å²) in [6, 6.07) is 6.45. The van der Waals surface area contributed by atoms with Gasteiger partial charge in [0.1, 0.15) is 12.1 Å². The molecule has 1 rings (SSSR count). The van der Waals surface area contributed by atoms with E-state index < -0.39 is 24.0 Å². The van der Waals surface area contributed by atoms with Crippen LogP contribution in [0.1, 0.15) is 25.8 Å². The maximum Gasteiger partial charge on any atom is 0.327 e. The van der Waals surface area contributed by atoms with Crippen LogP contribution in [0.3, 0.4) is 0 Å². The molecule has 3 amide bonds. The van der Waals surface area contributed by atoms with Crippen molar-refractivity contribution in [3.05, 3.63) is 35.9 Å². The number of nitrogens with one attached hydrogen (secondary N) is 1. The molecule has 0 aliphatic carbocycles. The topological polar surface area (TPSA) is 104 Å². The van der Waals surface area contributed by atoms with Gasteiger partial charge in [-0.15, -0.1) is 0 Å². The number of benzene rings is 1. The van der Waals surface area contributed by atoms with Gasteiger partial charge in [0.05, 0.1) is 0 Å². The highest BCUT2D eigenvalue weighted by molar-refractivity contribution is 5.95. The molecule has 1 aromatic carbocycles. The van der Waals surface area contributed by atoms with Gasteiger partial charge in [0.25, 0.3) is 5.91 Å². The summed E-state index contributed by atoms with van der Waals surface area (Å²) in [5.74, 6) is -1.93. The molecule has 0 heterocycles. The summed E-state index contributed by atoms with van der Waals surface area (Å²) in [5, 5.41) is 11.8. The van der Waals surface area contributed by atoms with Gasteiger partial charge in [-0.25, -0.2) is 4.79 Å². The molecule has 0 aromatic heterocycles. The summed E-state index contributed by atoms with van der Waals surface area (Å²) < 4.78 is 0. The molecule has 2 atom stereocenters. The van der Waals surface area contributed by atoms with E-state index in [2.05, 4.69) is 5.32 Å². The molecule has 7 heteroatoms. The lowest BCUT2D eigenvalue weighted by Gasteiger charge is -2.28. The number of hydrogen-bond acceptors (Lipinski definition) is 4. The lowest BCUT2D eigenvalue weighted by Crippen LogP contribution is -2.53. The highest BCUT2D eigenvalue weighted by atomic mass is 16.4. The second kappa shape index (κ2) is 9.44. The smallest absolute Gasteiger partial charge is 0.327 e. The average Bonchev–Trinajstić information content (AvgIpc) is 2.54. The van der Waals surface area contributed by atoms with Crippen LogP contribution in [-0.4, -0.2) is 46.8 Å². The van der Waals surface area contributed by atoms with Gasteiger partial charge in [0, 0.05) is 6.42 Å². The monoisotopic (exact) mass is 334 g/mol. The fourth-order valence-corrected chi connectivity index (χ4v) is 2.39. The maximum absolute atomic E-state index is 12.5. The van der Waals surface area contributed by atoms with E-state index in [9.17, 15) is 24.3 Å². The molecule has 0 fully saturated rings. The zero-order valence-electron chi connectivity index (χ0n) is 13.7. The van der Waals surface area contributed by atoms with Crippen molar-refractivity contribution in [3.63, 3.8) is 0 Å². The molecule has 0 bridgehead atoms. The summed E-state index contributed by atoms with van der Waals surface area (Å²) in [5.41, 5.74) is 0.688. The first-order valence-corrected chi connectivity index (χ1v) is 7.64. The number of imide groups is 1. The van der Waals surface area contributed by atoms with Crippen LogP contribution >= 0.6 is 0 Å². The zero-order valence-corrected chi connectivity index (χ0v) is 13.7. The predicted molar refractivity (Wildman–Crippen MR) is 86.9 cm³/mol. The first-order chi connectivity index (χ1) is 11.4. The average molecular weight is 334 g/mol. The lowest BCUT2D eigenvalue weighted by molar-refractivity contribution is -0.155. The molecular formula is C17H22N2O5. The molecule has 0 aliphatic rings. The number of aliphatic carboxylic acids is 1. The van der Waals surface area contributed by atoms with Crippen LogP contribution < -0.4 is 5.32 Å². The van der Waals surface area contributed by atoms with Crippen molar-refractivity contribution < 1.29 is 24.3 Å². The van der Waals surface area contributed by atoms with Gasteiger partial charge in [-0.3, -0.25) is 19.3 Å². The van der Waals surface area contributed by atoms with E-state index in [1.165, 1.54) is 0 Å². The molecule has 0 aliphatic heterocycles. The van der Waals surface area contributed by atoms with E-state index in [-0.39, 0.29) is 18.7 Å². The number of carbonyl (C=O) groups excluding carboxylic acids is 3. The number of carbonyl (C=O) groups is 4. The van der Waals surface area contributed by atoms with Crippen LogP contribution in [0.25, 0.3) is 0 Å². The van der Waals surface area contributed by atoms with Crippen LogP contribution in [0, 0.1) is 5.92 Å². The van der Waals surface area contributed by atoms with Crippen molar-refractivity contribution in [1.82, 2.24) is 10.2 Å². The van der Waals surface area contributed by atoms with Gasteiger partial charge in [-0.1, -0.05) is 44.2 Å². The minimum atomic E-state index is -1.33. The third kappa shape index (κ3) is 5.49. The Bertz CT molecular complexity index is 574. The third-order valence-corrected chi connectivity index (χ3v) is 3.54. The normalized spacial score (nSPS) is 13.0. The molecule has 0 saturated heterocycles. The molecule has 0 saturated carbocycles. The fraction of sp³-hybridized carbons (Fsp3) is 0.412. The molecule has 0 radical (unpaired) electrons. The van der Waals surface area contributed by atoms with Gasteiger partial charge < -0.3 is 10.4 Å². The molecule has 0 spiro atoms. The van der Waals surface area contributed by atoms with Crippen molar-refractivity contribution >= 4 is 24.7 Å². The Morgan fingerprint density at radius 1 is 1.21 bits per heavy atom. The van der Waals surface area contributed by atoms with Crippen LogP contribution in [0.4, 0.5) is 0 Å². The summed E-state index contributed by atoms with van der Waals surface area (Å²) in [7, 11) is 0. The number of hydrogen-bond donors (Lipinski definition) is 2. The van der Waals surface area contributed by atoms with E-state index in [4.69, 9.17) is 0 Å². The van der Waals surface area contributed by atoms with Crippen molar-refractivity contribution in [1.29, 1.82) is 0 Å². The second-order valence-corrected chi connectivity index (χ2v) is 5.86. The summed E-state index contributed by atoms with van der Waals surface area (Å²) in [6.45, 7) is 3.72. The summed E-state index contributed by atoms with van der Waals surface area (Å²) in [6.07, 6.45) is 0.889. The van der Waals surface area contributed by atoms with Gasteiger partial charge in [-0.2, -0.15) is 0 Å². The third-order valence-electron chi connectivity index (χ3n) is 3.54. The minimum absolute atomic E-state index is 0.00383. The summed E-state index contributed by atoms with van der Waals surface area (Å²) in [4.78, 5) is 46.9. The van der Waals surface area contributed by atoms with Crippen LogP contribution in [0.2, 0.25) is 0 Å². The first-order valence-electron chi connectivity index (χ1n) is 7.64. The molecule has 130 valence electrons. The van der Waals surface area contributed by atoms with Gasteiger partial charge >= 0.3 is 5.97 Å². The molecule has 1 aromatic rings. The minimum Gasteiger partial charge on any atom is -0.480 e. The SMILES string of the molecule is CC(C)C[C@H](NC=O)C(=O)N(C=O)[C@@H](Cc1ccccc1)C(=O)O. The Morgan fingerprint density at radius 2 is 1.83 bits per heavy atom. The Kier molecular flexibility index (Phi) is 7.61. The number of carboxylic acid groups (broad SMARTS) is 1. The Balaban J connectivity index is 3.03. The predicted octanol–water partition coefficient (Wildman–Crippen LogP) is 0.828. The van der Waals surface area contributed by atoms with E-state index in [0.29, 0.717) is 23.3 Å². The number of rotatable bonds is 10. The molecule has 24 heavy (non-hydrogen) atoms. The molecule has 2 N–H and O–H groups in total. The second-order valence-electron chi connectivity index (χ2n) is 5.86. The van der Waals surface area contributed by atoms with Gasteiger partial charge in [0.15, 0.2) is 0 Å². The van der Waals surface area contributed by atoms with Crippen molar-refractivity contribution in [3.8, 4) is 0 Å². The molecular weight excluding hydrogens is 312 g/mol. The highest BCUT2D eigenvalue weighted by Gasteiger charge is 2.34. The van der Waals surface area contributed by atoms with Crippen molar-refractivity contribution in [2.24, 2.45) is 5.92 Å². The maximum atomic E-state index is 12.5. The number of nitrogens with zero attached hydrogens (tertiary/aromatic N) is 1. The zero-order chi connectivity index (χ0) is 18.1. The first kappa shape index (κ1) is 19.3. The lowest BCUT2D eigenvalue weighted by atomic mass is 10.0.